The molecule has 7 heteroatoms. The molecule has 3 rings (SSSR count). The second kappa shape index (κ2) is 9.39. The zero-order chi connectivity index (χ0) is 20.1. The molecule has 0 saturated carbocycles. The van der Waals surface area contributed by atoms with Crippen LogP contribution in [0.25, 0.3) is 10.2 Å². The molecular formula is C21H25N3O2S2. The first-order valence-electron chi connectivity index (χ1n) is 9.45. The third-order valence-corrected chi connectivity index (χ3v) is 6.58. The van der Waals surface area contributed by atoms with Gasteiger partial charge in [0, 0.05) is 10.9 Å². The summed E-state index contributed by atoms with van der Waals surface area (Å²) in [5.41, 5.74) is 0.881. The SMILES string of the molecule is CCOC(=O)c1sc2nc(CSc3ccccc3)nc(NC(C)CC)c2c1C. The van der Waals surface area contributed by atoms with Gasteiger partial charge in [0.05, 0.1) is 17.7 Å². The minimum Gasteiger partial charge on any atom is -0.462 e. The lowest BCUT2D eigenvalue weighted by Gasteiger charge is -2.14. The van der Waals surface area contributed by atoms with Crippen LogP contribution in [0.2, 0.25) is 0 Å². The van der Waals surface area contributed by atoms with Crippen LogP contribution in [0.15, 0.2) is 35.2 Å². The molecule has 0 fully saturated rings. The topological polar surface area (TPSA) is 64.1 Å². The zero-order valence-electron chi connectivity index (χ0n) is 16.6. The summed E-state index contributed by atoms with van der Waals surface area (Å²) in [6, 6.07) is 10.5. The largest absolute Gasteiger partial charge is 0.462 e. The fraction of sp³-hybridized carbons (Fsp3) is 0.381. The molecule has 1 atom stereocenters. The number of thioether (sulfide) groups is 1. The molecule has 0 amide bonds. The molecule has 0 aliphatic heterocycles. The Morgan fingerprint density at radius 1 is 1.25 bits per heavy atom. The van der Waals surface area contributed by atoms with Gasteiger partial charge in [0.1, 0.15) is 21.3 Å². The summed E-state index contributed by atoms with van der Waals surface area (Å²) < 4.78 is 5.21. The molecule has 5 nitrogen and oxygen atoms in total. The lowest BCUT2D eigenvalue weighted by Crippen LogP contribution is -2.15. The smallest absolute Gasteiger partial charge is 0.348 e. The minimum atomic E-state index is -0.294. The molecule has 0 saturated heterocycles. The number of esters is 1. The number of nitrogens with one attached hydrogen (secondary N) is 1. The highest BCUT2D eigenvalue weighted by atomic mass is 32.2. The van der Waals surface area contributed by atoms with Crippen molar-refractivity contribution in [2.45, 2.75) is 50.8 Å². The van der Waals surface area contributed by atoms with Gasteiger partial charge in [-0.25, -0.2) is 14.8 Å². The Labute approximate surface area is 173 Å². The van der Waals surface area contributed by atoms with E-state index in [0.29, 0.717) is 17.2 Å². The summed E-state index contributed by atoms with van der Waals surface area (Å²) >= 11 is 3.08. The van der Waals surface area contributed by atoms with Gasteiger partial charge in [0.15, 0.2) is 0 Å². The van der Waals surface area contributed by atoms with Gasteiger partial charge in [-0.2, -0.15) is 0 Å². The number of hydrogen-bond acceptors (Lipinski definition) is 7. The average Bonchev–Trinajstić information content (AvgIpc) is 3.04. The molecule has 0 aliphatic carbocycles. The molecule has 2 heterocycles. The Balaban J connectivity index is 1.99. The average molecular weight is 416 g/mol. The third-order valence-electron chi connectivity index (χ3n) is 4.40. The van der Waals surface area contributed by atoms with E-state index in [0.717, 1.165) is 33.8 Å². The van der Waals surface area contributed by atoms with Gasteiger partial charge in [-0.05, 0) is 44.9 Å². The van der Waals surface area contributed by atoms with E-state index in [4.69, 9.17) is 14.7 Å². The normalized spacial score (nSPS) is 12.1. The van der Waals surface area contributed by atoms with Crippen molar-refractivity contribution in [2.24, 2.45) is 0 Å². The van der Waals surface area contributed by atoms with Crippen molar-refractivity contribution in [1.82, 2.24) is 9.97 Å². The van der Waals surface area contributed by atoms with Gasteiger partial charge in [-0.15, -0.1) is 23.1 Å². The maximum atomic E-state index is 12.3. The van der Waals surface area contributed by atoms with Crippen LogP contribution in [0.1, 0.15) is 48.3 Å². The van der Waals surface area contributed by atoms with Crippen LogP contribution in [0, 0.1) is 6.92 Å². The maximum Gasteiger partial charge on any atom is 0.348 e. The number of aromatic nitrogens is 2. The number of aryl methyl sites for hydroxylation is 1. The highest BCUT2D eigenvalue weighted by Crippen LogP contribution is 2.35. The molecule has 148 valence electrons. The minimum absolute atomic E-state index is 0.276. The number of carbonyl (C=O) groups excluding carboxylic acids is 1. The quantitative estimate of drug-likeness (QED) is 0.377. The van der Waals surface area contributed by atoms with Crippen LogP contribution in [-0.2, 0) is 10.5 Å². The van der Waals surface area contributed by atoms with Gasteiger partial charge in [0.2, 0.25) is 0 Å². The molecule has 1 unspecified atom stereocenters. The summed E-state index contributed by atoms with van der Waals surface area (Å²) in [4.78, 5) is 24.5. The number of thiophene rings is 1. The molecule has 0 radical (unpaired) electrons. The van der Waals surface area contributed by atoms with E-state index in [-0.39, 0.29) is 12.0 Å². The first-order chi connectivity index (χ1) is 13.5. The second-order valence-corrected chi connectivity index (χ2v) is 8.55. The lowest BCUT2D eigenvalue weighted by atomic mass is 10.2. The molecule has 2 aromatic heterocycles. The van der Waals surface area contributed by atoms with Crippen molar-refractivity contribution in [1.29, 1.82) is 0 Å². The molecule has 0 bridgehead atoms. The van der Waals surface area contributed by atoms with E-state index in [2.05, 4.69) is 31.3 Å². The lowest BCUT2D eigenvalue weighted by molar-refractivity contribution is 0.0531. The monoisotopic (exact) mass is 415 g/mol. The molecular weight excluding hydrogens is 390 g/mol. The zero-order valence-corrected chi connectivity index (χ0v) is 18.2. The fourth-order valence-corrected chi connectivity index (χ4v) is 4.61. The van der Waals surface area contributed by atoms with E-state index >= 15 is 0 Å². The van der Waals surface area contributed by atoms with Gasteiger partial charge in [0.25, 0.3) is 0 Å². The first-order valence-corrected chi connectivity index (χ1v) is 11.2. The van der Waals surface area contributed by atoms with Gasteiger partial charge in [-0.3, -0.25) is 0 Å². The van der Waals surface area contributed by atoms with Crippen LogP contribution in [-0.4, -0.2) is 28.6 Å². The summed E-state index contributed by atoms with van der Waals surface area (Å²) in [6.07, 6.45) is 0.980. The van der Waals surface area contributed by atoms with Gasteiger partial charge < -0.3 is 10.1 Å². The maximum absolute atomic E-state index is 12.3. The van der Waals surface area contributed by atoms with Crippen molar-refractivity contribution in [3.8, 4) is 0 Å². The highest BCUT2D eigenvalue weighted by Gasteiger charge is 2.22. The van der Waals surface area contributed by atoms with Crippen molar-refractivity contribution in [3.05, 3.63) is 46.6 Å². The summed E-state index contributed by atoms with van der Waals surface area (Å²) in [6.45, 7) is 8.37. The number of nitrogens with zero attached hydrogens (tertiary/aromatic N) is 2. The van der Waals surface area contributed by atoms with Crippen LogP contribution in [0.4, 0.5) is 5.82 Å². The molecule has 0 spiro atoms. The predicted molar refractivity (Wildman–Crippen MR) is 117 cm³/mol. The summed E-state index contributed by atoms with van der Waals surface area (Å²) in [5, 5.41) is 4.41. The summed E-state index contributed by atoms with van der Waals surface area (Å²) in [5.74, 6) is 1.93. The van der Waals surface area contributed by atoms with Crippen molar-refractivity contribution in [3.63, 3.8) is 0 Å². The number of anilines is 1. The van der Waals surface area contributed by atoms with Crippen molar-refractivity contribution >= 4 is 45.1 Å². The molecule has 1 aromatic carbocycles. The van der Waals surface area contributed by atoms with E-state index in [1.807, 2.05) is 32.0 Å². The first kappa shape index (κ1) is 20.6. The Morgan fingerprint density at radius 2 is 2.00 bits per heavy atom. The molecule has 28 heavy (non-hydrogen) atoms. The van der Waals surface area contributed by atoms with Crippen LogP contribution in [0.3, 0.4) is 0 Å². The van der Waals surface area contributed by atoms with E-state index in [1.54, 1.807) is 11.8 Å². The number of carbonyl (C=O) groups is 1. The van der Waals surface area contributed by atoms with Crippen molar-refractivity contribution < 1.29 is 9.53 Å². The van der Waals surface area contributed by atoms with Gasteiger partial charge >= 0.3 is 5.97 Å². The third kappa shape index (κ3) is 4.64. The standard InChI is InChI=1S/C21H25N3O2S2/c1-5-13(3)22-19-17-14(4)18(21(25)26-6-2)28-20(17)24-16(23-19)12-27-15-10-8-7-9-11-15/h7-11,13H,5-6,12H2,1-4H3,(H,22,23,24). The van der Waals surface area contributed by atoms with E-state index in [9.17, 15) is 4.79 Å². The molecule has 3 aromatic rings. The van der Waals surface area contributed by atoms with Crippen LogP contribution in [0.5, 0.6) is 0 Å². The Morgan fingerprint density at radius 3 is 2.68 bits per heavy atom. The van der Waals surface area contributed by atoms with Crippen LogP contribution < -0.4 is 5.32 Å². The summed E-state index contributed by atoms with van der Waals surface area (Å²) in [7, 11) is 0. The number of fused-ring (bicyclic) bond motifs is 1. The van der Waals surface area contributed by atoms with E-state index < -0.39 is 0 Å². The Kier molecular flexibility index (Phi) is 6.91. The molecule has 0 aliphatic rings. The Hall–Kier alpha value is -2.12. The van der Waals surface area contributed by atoms with Crippen molar-refractivity contribution in [2.75, 3.05) is 11.9 Å². The predicted octanol–water partition coefficient (Wildman–Crippen LogP) is 5.68. The highest BCUT2D eigenvalue weighted by molar-refractivity contribution is 7.98. The number of rotatable bonds is 8. The van der Waals surface area contributed by atoms with Gasteiger partial charge in [-0.1, -0.05) is 25.1 Å². The number of hydrogen-bond donors (Lipinski definition) is 1. The fourth-order valence-electron chi connectivity index (χ4n) is 2.74. The Bertz CT molecular complexity index is 957. The molecule has 1 N–H and O–H groups in total. The second-order valence-electron chi connectivity index (χ2n) is 6.50. The van der Waals surface area contributed by atoms with Crippen LogP contribution >= 0.6 is 23.1 Å². The van der Waals surface area contributed by atoms with E-state index in [1.165, 1.54) is 16.2 Å². The number of ether oxygens (including phenoxy) is 1. The number of benzene rings is 1.